The van der Waals surface area contributed by atoms with Gasteiger partial charge in [0.15, 0.2) is 0 Å². The van der Waals surface area contributed by atoms with Crippen molar-refractivity contribution in [3.05, 3.63) is 29.3 Å². The van der Waals surface area contributed by atoms with Gasteiger partial charge in [-0.2, -0.15) is 0 Å². The number of carbonyl (C=O) groups is 1. The average molecular weight is 346 g/mol. The number of carbonyl (C=O) groups excluding carboxylic acids is 1. The largest absolute Gasteiger partial charge is 0.325 e. The second kappa shape index (κ2) is 5.76. The molecule has 0 heterocycles. The van der Waals surface area contributed by atoms with E-state index in [0.717, 1.165) is 50.6 Å². The summed E-state index contributed by atoms with van der Waals surface area (Å²) < 4.78 is 0. The average Bonchev–Trinajstić information content (AvgIpc) is 2.52. The molecule has 4 aliphatic rings. The van der Waals surface area contributed by atoms with E-state index in [9.17, 15) is 4.79 Å². The van der Waals surface area contributed by atoms with E-state index in [4.69, 9.17) is 11.6 Å². The van der Waals surface area contributed by atoms with Crippen LogP contribution in [0.25, 0.3) is 0 Å². The zero-order valence-corrected chi connectivity index (χ0v) is 15.6. The van der Waals surface area contributed by atoms with Crippen LogP contribution in [0.5, 0.6) is 0 Å². The van der Waals surface area contributed by atoms with Gasteiger partial charge in [-0.25, -0.2) is 0 Å². The van der Waals surface area contributed by atoms with E-state index in [1.807, 2.05) is 0 Å². The fraction of sp³-hybridized carbons (Fsp3) is 0.667. The molecule has 3 heteroatoms. The van der Waals surface area contributed by atoms with Crippen LogP contribution >= 0.6 is 11.6 Å². The van der Waals surface area contributed by atoms with Crippen LogP contribution in [0, 0.1) is 17.3 Å². The smallest absolute Gasteiger partial charge is 0.230 e. The molecule has 5 rings (SSSR count). The Morgan fingerprint density at radius 1 is 1.12 bits per heavy atom. The number of hydrogen-bond donors (Lipinski definition) is 1. The summed E-state index contributed by atoms with van der Waals surface area (Å²) in [5.74, 6) is 1.54. The van der Waals surface area contributed by atoms with Crippen LogP contribution in [-0.2, 0) is 17.6 Å². The highest BCUT2D eigenvalue weighted by molar-refractivity contribution is 6.24. The summed E-state index contributed by atoms with van der Waals surface area (Å²) in [5, 5.41) is 3.36. The number of rotatable bonds is 4. The SMILES string of the molecule is CCc1cccc(CC)c1NC(=O)C12CC3CC(CC(Cl)(C3)C1)C2. The first kappa shape index (κ1) is 16.4. The maximum Gasteiger partial charge on any atom is 0.230 e. The van der Waals surface area contributed by atoms with Crippen LogP contribution in [-0.4, -0.2) is 10.8 Å². The molecule has 4 bridgehead atoms. The Morgan fingerprint density at radius 2 is 1.71 bits per heavy atom. The quantitative estimate of drug-likeness (QED) is 0.734. The summed E-state index contributed by atoms with van der Waals surface area (Å²) in [7, 11) is 0. The van der Waals surface area contributed by atoms with Crippen LogP contribution in [0.4, 0.5) is 5.69 Å². The van der Waals surface area contributed by atoms with Gasteiger partial charge in [0.25, 0.3) is 0 Å². The Morgan fingerprint density at radius 3 is 2.21 bits per heavy atom. The first-order chi connectivity index (χ1) is 11.5. The van der Waals surface area contributed by atoms with Gasteiger partial charge in [0.05, 0.1) is 5.41 Å². The van der Waals surface area contributed by atoms with Crippen molar-refractivity contribution >= 4 is 23.2 Å². The minimum Gasteiger partial charge on any atom is -0.325 e. The molecule has 4 saturated carbocycles. The van der Waals surface area contributed by atoms with Crippen molar-refractivity contribution < 1.29 is 4.79 Å². The lowest BCUT2D eigenvalue weighted by Crippen LogP contribution is -2.57. The number of amides is 1. The third kappa shape index (κ3) is 2.58. The molecule has 2 nitrogen and oxygen atoms in total. The third-order valence-corrected chi connectivity index (χ3v) is 7.15. The van der Waals surface area contributed by atoms with Gasteiger partial charge in [0, 0.05) is 10.6 Å². The lowest BCUT2D eigenvalue weighted by Gasteiger charge is -2.59. The van der Waals surface area contributed by atoms with E-state index >= 15 is 0 Å². The van der Waals surface area contributed by atoms with Crippen molar-refractivity contribution in [2.24, 2.45) is 17.3 Å². The Hall–Kier alpha value is -1.02. The molecule has 4 fully saturated rings. The summed E-state index contributed by atoms with van der Waals surface area (Å²) in [6, 6.07) is 6.38. The van der Waals surface area contributed by atoms with Crippen molar-refractivity contribution in [1.29, 1.82) is 0 Å². The van der Waals surface area contributed by atoms with E-state index < -0.39 is 0 Å². The second-order valence-corrected chi connectivity index (χ2v) is 9.31. The Balaban J connectivity index is 1.64. The molecule has 1 aromatic rings. The number of hydrogen-bond acceptors (Lipinski definition) is 1. The van der Waals surface area contributed by atoms with Gasteiger partial charge >= 0.3 is 0 Å². The topological polar surface area (TPSA) is 29.1 Å². The van der Waals surface area contributed by atoms with Crippen molar-refractivity contribution in [1.82, 2.24) is 0 Å². The number of aryl methyl sites for hydroxylation is 2. The molecular formula is C21H28ClNO. The van der Waals surface area contributed by atoms with Gasteiger partial charge < -0.3 is 5.32 Å². The van der Waals surface area contributed by atoms with Crippen molar-refractivity contribution in [3.63, 3.8) is 0 Å². The number of nitrogens with one attached hydrogen (secondary N) is 1. The van der Waals surface area contributed by atoms with Gasteiger partial charge in [-0.05, 0) is 74.3 Å². The lowest BCUT2D eigenvalue weighted by atomic mass is 9.49. The maximum atomic E-state index is 13.4. The molecule has 1 N–H and O–H groups in total. The molecule has 2 unspecified atom stereocenters. The summed E-state index contributed by atoms with van der Waals surface area (Å²) in [6.07, 6.45) is 8.37. The standard InChI is InChI=1S/C21H28ClNO/c1-3-16-6-5-7-17(4-2)18(16)23-19(24)20-9-14-8-15(10-20)12-21(22,11-14)13-20/h5-7,14-15H,3-4,8-13H2,1-2H3,(H,23,24). The molecular weight excluding hydrogens is 318 g/mol. The third-order valence-electron chi connectivity index (χ3n) is 6.71. The minimum absolute atomic E-state index is 0.112. The first-order valence-electron chi connectivity index (χ1n) is 9.58. The molecule has 1 amide bonds. The normalized spacial score (nSPS) is 36.8. The van der Waals surface area contributed by atoms with E-state index in [2.05, 4.69) is 37.4 Å². The van der Waals surface area contributed by atoms with Crippen LogP contribution < -0.4 is 5.32 Å². The molecule has 4 aliphatic carbocycles. The maximum absolute atomic E-state index is 13.4. The van der Waals surface area contributed by atoms with Crippen molar-refractivity contribution in [2.75, 3.05) is 5.32 Å². The summed E-state index contributed by atoms with van der Waals surface area (Å²) >= 11 is 6.90. The number of para-hydroxylation sites is 1. The first-order valence-corrected chi connectivity index (χ1v) is 9.96. The second-order valence-electron chi connectivity index (χ2n) is 8.50. The van der Waals surface area contributed by atoms with Crippen LogP contribution in [0.15, 0.2) is 18.2 Å². The predicted molar refractivity (Wildman–Crippen MR) is 99.5 cm³/mol. The van der Waals surface area contributed by atoms with E-state index in [0.29, 0.717) is 11.8 Å². The Labute approximate surface area is 150 Å². The highest BCUT2D eigenvalue weighted by Crippen LogP contribution is 2.64. The van der Waals surface area contributed by atoms with Gasteiger partial charge in [0.1, 0.15) is 0 Å². The van der Waals surface area contributed by atoms with E-state index in [1.54, 1.807) is 0 Å². The summed E-state index contributed by atoms with van der Waals surface area (Å²) in [4.78, 5) is 13.3. The molecule has 0 aromatic heterocycles. The molecule has 24 heavy (non-hydrogen) atoms. The van der Waals surface area contributed by atoms with Gasteiger partial charge in [-0.3, -0.25) is 4.79 Å². The van der Waals surface area contributed by atoms with Gasteiger partial charge in [-0.15, -0.1) is 11.6 Å². The molecule has 0 spiro atoms. The van der Waals surface area contributed by atoms with Crippen LogP contribution in [0.3, 0.4) is 0 Å². The Bertz CT molecular complexity index is 632. The molecule has 0 radical (unpaired) electrons. The summed E-state index contributed by atoms with van der Waals surface area (Å²) in [5.41, 5.74) is 3.32. The van der Waals surface area contributed by atoms with Crippen molar-refractivity contribution in [3.8, 4) is 0 Å². The molecule has 0 aliphatic heterocycles. The number of halogens is 1. The van der Waals surface area contributed by atoms with Crippen LogP contribution in [0.2, 0.25) is 0 Å². The highest BCUT2D eigenvalue weighted by atomic mass is 35.5. The molecule has 0 saturated heterocycles. The fourth-order valence-electron chi connectivity index (χ4n) is 6.07. The Kier molecular flexibility index (Phi) is 3.95. The predicted octanol–water partition coefficient (Wildman–Crippen LogP) is 5.33. The number of anilines is 1. The van der Waals surface area contributed by atoms with E-state index in [1.165, 1.54) is 17.5 Å². The molecule has 130 valence electrons. The highest BCUT2D eigenvalue weighted by Gasteiger charge is 2.60. The molecule has 2 atom stereocenters. The number of benzene rings is 1. The number of alkyl halides is 1. The lowest BCUT2D eigenvalue weighted by molar-refractivity contribution is -0.138. The van der Waals surface area contributed by atoms with Gasteiger partial charge in [-0.1, -0.05) is 32.0 Å². The van der Waals surface area contributed by atoms with Gasteiger partial charge in [0.2, 0.25) is 5.91 Å². The molecule has 1 aromatic carbocycles. The zero-order valence-electron chi connectivity index (χ0n) is 14.8. The van der Waals surface area contributed by atoms with E-state index in [-0.39, 0.29) is 16.2 Å². The zero-order chi connectivity index (χ0) is 16.9. The fourth-order valence-corrected chi connectivity index (χ4v) is 6.76. The van der Waals surface area contributed by atoms with Crippen molar-refractivity contribution in [2.45, 2.75) is 70.1 Å². The monoisotopic (exact) mass is 345 g/mol. The minimum atomic E-state index is -0.225. The van der Waals surface area contributed by atoms with Crippen LogP contribution in [0.1, 0.15) is 63.5 Å². The summed E-state index contributed by atoms with van der Waals surface area (Å²) in [6.45, 7) is 4.31.